The number of pyridine rings is 1. The van der Waals surface area contributed by atoms with Crippen LogP contribution in [0.1, 0.15) is 22.8 Å². The Morgan fingerprint density at radius 2 is 2.38 bits per heavy atom. The maximum absolute atomic E-state index is 5.50. The molecule has 2 aromatic rings. The first-order chi connectivity index (χ1) is 7.88. The van der Waals surface area contributed by atoms with Gasteiger partial charge < -0.3 is 10.2 Å². The highest BCUT2D eigenvalue weighted by atomic mass is 16.3. The van der Waals surface area contributed by atoms with E-state index in [4.69, 9.17) is 10.2 Å². The number of aromatic nitrogens is 2. The fourth-order valence-corrected chi connectivity index (χ4v) is 1.88. The Hall–Kier alpha value is -1.94. The Balaban J connectivity index is 2.04. The molecule has 4 nitrogen and oxygen atoms in total. The zero-order valence-corrected chi connectivity index (χ0v) is 8.68. The van der Waals surface area contributed by atoms with Crippen LogP contribution in [0.2, 0.25) is 0 Å². The number of allylic oxidation sites excluding steroid dienone is 1. The van der Waals surface area contributed by atoms with Gasteiger partial charge in [0.25, 0.3) is 0 Å². The first kappa shape index (κ1) is 9.30. The summed E-state index contributed by atoms with van der Waals surface area (Å²) in [7, 11) is 0. The average Bonchev–Trinajstić information content (AvgIpc) is 2.94. The van der Waals surface area contributed by atoms with Crippen LogP contribution in [0.5, 0.6) is 0 Å². The van der Waals surface area contributed by atoms with Crippen LogP contribution < -0.4 is 5.73 Å². The zero-order valence-electron chi connectivity index (χ0n) is 8.68. The fraction of sp³-hybridized carbons (Fsp3) is 0.167. The minimum Gasteiger partial charge on any atom is -0.444 e. The Kier molecular flexibility index (Phi) is 2.08. The highest BCUT2D eigenvalue weighted by molar-refractivity contribution is 5.80. The van der Waals surface area contributed by atoms with Gasteiger partial charge >= 0.3 is 0 Å². The van der Waals surface area contributed by atoms with Crippen LogP contribution in [0.15, 0.2) is 35.1 Å². The molecule has 16 heavy (non-hydrogen) atoms. The van der Waals surface area contributed by atoms with Crippen molar-refractivity contribution in [2.75, 3.05) is 0 Å². The Bertz CT molecular complexity index is 557. The van der Waals surface area contributed by atoms with Gasteiger partial charge in [0, 0.05) is 30.3 Å². The van der Waals surface area contributed by atoms with Gasteiger partial charge in [-0.25, -0.2) is 4.98 Å². The van der Waals surface area contributed by atoms with Crippen molar-refractivity contribution in [1.82, 2.24) is 9.97 Å². The fourth-order valence-electron chi connectivity index (χ4n) is 1.88. The second kappa shape index (κ2) is 3.57. The molecule has 3 rings (SSSR count). The highest BCUT2D eigenvalue weighted by Gasteiger charge is 2.19. The number of nitrogens with zero attached hydrogens (tertiary/aromatic N) is 2. The lowest BCUT2D eigenvalue weighted by Crippen LogP contribution is -1.96. The van der Waals surface area contributed by atoms with Crippen LogP contribution in [0.4, 0.5) is 0 Å². The number of hydrogen-bond donors (Lipinski definition) is 1. The van der Waals surface area contributed by atoms with Crippen LogP contribution >= 0.6 is 0 Å². The third kappa shape index (κ3) is 1.35. The summed E-state index contributed by atoms with van der Waals surface area (Å²) in [5.74, 6) is 0.632. The lowest BCUT2D eigenvalue weighted by Gasteiger charge is -1.99. The van der Waals surface area contributed by atoms with E-state index in [1.54, 1.807) is 12.5 Å². The van der Waals surface area contributed by atoms with Gasteiger partial charge in [0.05, 0.1) is 11.4 Å². The quantitative estimate of drug-likeness (QED) is 0.821. The van der Waals surface area contributed by atoms with Crippen molar-refractivity contribution >= 4 is 5.57 Å². The number of oxazole rings is 1. The molecule has 2 aromatic heterocycles. The third-order valence-corrected chi connectivity index (χ3v) is 2.67. The van der Waals surface area contributed by atoms with Crippen molar-refractivity contribution in [1.29, 1.82) is 0 Å². The molecule has 0 saturated heterocycles. The van der Waals surface area contributed by atoms with Crippen molar-refractivity contribution in [3.8, 4) is 0 Å². The molecule has 0 spiro atoms. The molecule has 0 aromatic carbocycles. The zero-order chi connectivity index (χ0) is 11.0. The molecule has 0 unspecified atom stereocenters. The topological polar surface area (TPSA) is 64.9 Å². The molecule has 0 aliphatic heterocycles. The van der Waals surface area contributed by atoms with Gasteiger partial charge in [0.1, 0.15) is 6.26 Å². The number of hydrogen-bond acceptors (Lipinski definition) is 4. The van der Waals surface area contributed by atoms with Gasteiger partial charge in [0.2, 0.25) is 5.89 Å². The Labute approximate surface area is 92.8 Å². The summed E-state index contributed by atoms with van der Waals surface area (Å²) in [6, 6.07) is 3.96. The van der Waals surface area contributed by atoms with Gasteiger partial charge in [0.15, 0.2) is 0 Å². The standard InChI is InChI=1S/C12H11N3O/c13-6-8-7-16-12(15-8)10-3-4-11-9(10)2-1-5-14-11/h1-3,5,7H,4,6,13H2. The third-order valence-electron chi connectivity index (χ3n) is 2.67. The van der Waals surface area contributed by atoms with Crippen LogP contribution in [-0.4, -0.2) is 9.97 Å². The van der Waals surface area contributed by atoms with E-state index in [1.807, 2.05) is 12.1 Å². The smallest absolute Gasteiger partial charge is 0.226 e. The summed E-state index contributed by atoms with van der Waals surface area (Å²) in [6.07, 6.45) is 6.33. The van der Waals surface area contributed by atoms with E-state index < -0.39 is 0 Å². The van der Waals surface area contributed by atoms with E-state index in [2.05, 4.69) is 16.0 Å². The molecule has 2 heterocycles. The lowest BCUT2D eigenvalue weighted by molar-refractivity contribution is 0.542. The lowest BCUT2D eigenvalue weighted by atomic mass is 10.1. The normalized spacial score (nSPS) is 13.7. The van der Waals surface area contributed by atoms with Crippen molar-refractivity contribution in [3.63, 3.8) is 0 Å². The van der Waals surface area contributed by atoms with E-state index in [1.165, 1.54) is 0 Å². The summed E-state index contributed by atoms with van der Waals surface area (Å²) < 4.78 is 5.41. The summed E-state index contributed by atoms with van der Waals surface area (Å²) in [5.41, 5.74) is 9.47. The number of nitrogens with two attached hydrogens (primary N) is 1. The van der Waals surface area contributed by atoms with Gasteiger partial charge in [-0.05, 0) is 6.07 Å². The Morgan fingerprint density at radius 3 is 3.19 bits per heavy atom. The van der Waals surface area contributed by atoms with Crippen molar-refractivity contribution in [2.24, 2.45) is 5.73 Å². The average molecular weight is 213 g/mol. The molecule has 4 heteroatoms. The minimum absolute atomic E-state index is 0.399. The molecular formula is C12H11N3O. The van der Waals surface area contributed by atoms with E-state index in [9.17, 15) is 0 Å². The largest absolute Gasteiger partial charge is 0.444 e. The molecule has 1 aliphatic carbocycles. The second-order valence-corrected chi connectivity index (χ2v) is 3.67. The Morgan fingerprint density at radius 1 is 1.44 bits per heavy atom. The second-order valence-electron chi connectivity index (χ2n) is 3.67. The first-order valence-corrected chi connectivity index (χ1v) is 5.18. The first-order valence-electron chi connectivity index (χ1n) is 5.18. The van der Waals surface area contributed by atoms with Gasteiger partial charge in [-0.15, -0.1) is 0 Å². The van der Waals surface area contributed by atoms with Crippen LogP contribution in [0, 0.1) is 0 Å². The summed E-state index contributed by atoms with van der Waals surface area (Å²) in [4.78, 5) is 8.64. The highest BCUT2D eigenvalue weighted by Crippen LogP contribution is 2.30. The van der Waals surface area contributed by atoms with Gasteiger partial charge in [-0.3, -0.25) is 4.98 Å². The van der Waals surface area contributed by atoms with Crippen LogP contribution in [-0.2, 0) is 13.0 Å². The minimum atomic E-state index is 0.399. The molecule has 0 atom stereocenters. The summed E-state index contributed by atoms with van der Waals surface area (Å²) in [5, 5.41) is 0. The van der Waals surface area contributed by atoms with Crippen LogP contribution in [0.3, 0.4) is 0 Å². The maximum atomic E-state index is 5.50. The molecule has 2 N–H and O–H groups in total. The predicted molar refractivity (Wildman–Crippen MR) is 59.4 cm³/mol. The molecular weight excluding hydrogens is 202 g/mol. The van der Waals surface area contributed by atoms with Crippen molar-refractivity contribution < 1.29 is 4.42 Å². The number of fused-ring (bicyclic) bond motifs is 1. The maximum Gasteiger partial charge on any atom is 0.226 e. The molecule has 0 fully saturated rings. The molecule has 0 saturated carbocycles. The molecule has 1 aliphatic rings. The molecule has 80 valence electrons. The van der Waals surface area contributed by atoms with Gasteiger partial charge in [-0.2, -0.15) is 0 Å². The number of rotatable bonds is 2. The SMILES string of the molecule is NCc1coc(C2=CCc3ncccc32)n1. The van der Waals surface area contributed by atoms with E-state index in [0.717, 1.165) is 28.9 Å². The van der Waals surface area contributed by atoms with Crippen molar-refractivity contribution in [3.05, 3.63) is 53.5 Å². The van der Waals surface area contributed by atoms with Gasteiger partial charge in [-0.1, -0.05) is 12.1 Å². The van der Waals surface area contributed by atoms with Crippen molar-refractivity contribution in [2.45, 2.75) is 13.0 Å². The van der Waals surface area contributed by atoms with E-state index >= 15 is 0 Å². The summed E-state index contributed by atoms with van der Waals surface area (Å²) in [6.45, 7) is 0.399. The molecule has 0 bridgehead atoms. The van der Waals surface area contributed by atoms with Crippen LogP contribution in [0.25, 0.3) is 5.57 Å². The summed E-state index contributed by atoms with van der Waals surface area (Å²) >= 11 is 0. The molecule has 0 radical (unpaired) electrons. The predicted octanol–water partition coefficient (Wildman–Crippen LogP) is 1.52. The van der Waals surface area contributed by atoms with E-state index in [0.29, 0.717) is 12.4 Å². The molecule has 0 amide bonds. The monoisotopic (exact) mass is 213 g/mol. The van der Waals surface area contributed by atoms with E-state index in [-0.39, 0.29) is 0 Å².